The van der Waals surface area contributed by atoms with Crippen LogP contribution in [0.2, 0.25) is 0 Å². The van der Waals surface area contributed by atoms with Gasteiger partial charge in [0.05, 0.1) is 34.6 Å². The van der Waals surface area contributed by atoms with Gasteiger partial charge in [-0.25, -0.2) is 19.3 Å². The van der Waals surface area contributed by atoms with Crippen LogP contribution in [0.5, 0.6) is 0 Å². The van der Waals surface area contributed by atoms with Gasteiger partial charge in [-0.15, -0.1) is 0 Å². The van der Waals surface area contributed by atoms with Crippen molar-refractivity contribution >= 4 is 5.95 Å². The summed E-state index contributed by atoms with van der Waals surface area (Å²) in [5, 5.41) is 4.03. The van der Waals surface area contributed by atoms with E-state index < -0.39 is 0 Å². The lowest BCUT2D eigenvalue weighted by Gasteiger charge is -2.28. The molecule has 0 bridgehead atoms. The molecule has 8 nitrogen and oxygen atoms in total. The van der Waals surface area contributed by atoms with Gasteiger partial charge in [0.15, 0.2) is 0 Å². The summed E-state index contributed by atoms with van der Waals surface area (Å²) < 4.78 is 20.6. The number of halogens is 1. The molecule has 1 aliphatic heterocycles. The van der Waals surface area contributed by atoms with Crippen LogP contribution in [0.1, 0.15) is 19.0 Å². The number of nitrogen functional groups attached to an aromatic ring is 1. The molecule has 1 saturated heterocycles. The maximum absolute atomic E-state index is 13.5. The zero-order chi connectivity index (χ0) is 21.4. The van der Waals surface area contributed by atoms with Crippen LogP contribution < -0.4 is 5.73 Å². The first-order valence-electron chi connectivity index (χ1n) is 10.1. The van der Waals surface area contributed by atoms with Gasteiger partial charge in [-0.3, -0.25) is 4.90 Å². The molecule has 9 heteroatoms. The minimum atomic E-state index is -0.290. The summed E-state index contributed by atoms with van der Waals surface area (Å²) in [5.41, 5.74) is 9.64. The number of nitrogens with two attached hydrogens (primary N) is 1. The largest absolute Gasteiger partial charge is 0.368 e. The Bertz CT molecular complexity index is 1190. The van der Waals surface area contributed by atoms with Crippen molar-refractivity contribution in [2.24, 2.45) is 0 Å². The van der Waals surface area contributed by atoms with E-state index in [2.05, 4.69) is 31.5 Å². The Morgan fingerprint density at radius 2 is 2.00 bits per heavy atom. The first-order valence-corrected chi connectivity index (χ1v) is 10.1. The van der Waals surface area contributed by atoms with Crippen molar-refractivity contribution in [1.82, 2.24) is 29.6 Å². The van der Waals surface area contributed by atoms with Gasteiger partial charge in [0.1, 0.15) is 12.1 Å². The summed E-state index contributed by atoms with van der Waals surface area (Å²) in [4.78, 5) is 15.5. The second-order valence-electron chi connectivity index (χ2n) is 8.07. The van der Waals surface area contributed by atoms with E-state index in [0.717, 1.165) is 48.7 Å². The van der Waals surface area contributed by atoms with Gasteiger partial charge in [0.2, 0.25) is 5.95 Å². The lowest BCUT2D eigenvalue weighted by molar-refractivity contribution is 0.262. The number of aromatic nitrogens is 5. The second kappa shape index (κ2) is 7.59. The first-order chi connectivity index (χ1) is 15.0. The van der Waals surface area contributed by atoms with Crippen LogP contribution in [-0.4, -0.2) is 42.7 Å². The van der Waals surface area contributed by atoms with Crippen molar-refractivity contribution in [1.29, 1.82) is 0 Å². The molecule has 1 atom stereocenters. The monoisotopic (exact) mass is 419 g/mol. The lowest BCUT2D eigenvalue weighted by Crippen LogP contribution is -2.34. The number of imidazole rings is 1. The Kier molecular flexibility index (Phi) is 4.74. The molecule has 5 rings (SSSR count). The molecule has 1 fully saturated rings. The van der Waals surface area contributed by atoms with Crippen molar-refractivity contribution in [2.75, 3.05) is 18.8 Å². The molecule has 4 heterocycles. The Hall–Kier alpha value is -3.59. The van der Waals surface area contributed by atoms with E-state index in [-0.39, 0.29) is 17.3 Å². The summed E-state index contributed by atoms with van der Waals surface area (Å²) in [5.74, 6) is -0.0956. The Morgan fingerprint density at radius 3 is 2.74 bits per heavy atom. The summed E-state index contributed by atoms with van der Waals surface area (Å²) in [6.07, 6.45) is 5.99. The molecule has 1 aromatic carbocycles. The molecule has 3 aromatic heterocycles. The van der Waals surface area contributed by atoms with Crippen LogP contribution in [0, 0.1) is 5.82 Å². The molecule has 0 amide bonds. The minimum absolute atomic E-state index is 0.194. The van der Waals surface area contributed by atoms with Crippen molar-refractivity contribution in [3.63, 3.8) is 0 Å². The maximum Gasteiger partial charge on any atom is 0.220 e. The Labute approximate surface area is 178 Å². The fourth-order valence-electron chi connectivity index (χ4n) is 4.25. The summed E-state index contributed by atoms with van der Waals surface area (Å²) in [6.45, 7) is 4.66. The molecular formula is C22H22FN7O. The molecule has 0 aliphatic carbocycles. The van der Waals surface area contributed by atoms with Crippen molar-refractivity contribution < 1.29 is 8.91 Å². The second-order valence-corrected chi connectivity index (χ2v) is 8.07. The number of benzene rings is 1. The number of hydrogen-bond donors (Lipinski definition) is 1. The van der Waals surface area contributed by atoms with Gasteiger partial charge in [0.25, 0.3) is 0 Å². The van der Waals surface area contributed by atoms with Crippen molar-refractivity contribution in [3.05, 3.63) is 66.7 Å². The van der Waals surface area contributed by atoms with Gasteiger partial charge in [-0.2, -0.15) is 0 Å². The number of anilines is 1. The quantitative estimate of drug-likeness (QED) is 0.530. The standard InChI is InChI=1S/C22H22FN7O/c1-22(8-10-29(13-22)12-17-7-11-31-28-17)30-14-26-19(15-2-4-16(23)5-3-15)20(30)18-6-9-25-21(24)27-18/h2-7,9,11,14H,8,10,12-13H2,1H3,(H2,24,25,27). The SMILES string of the molecule is CC1(n2cnc(-c3ccc(F)cc3)c2-c2ccnc(N)n2)CCN(Cc2ccon2)C1. The molecule has 2 N–H and O–H groups in total. The van der Waals surface area contributed by atoms with E-state index >= 15 is 0 Å². The molecule has 0 saturated carbocycles. The van der Waals surface area contributed by atoms with E-state index in [1.165, 1.54) is 12.1 Å². The van der Waals surface area contributed by atoms with Gasteiger partial charge in [-0.1, -0.05) is 5.16 Å². The third-order valence-electron chi connectivity index (χ3n) is 5.79. The predicted molar refractivity (Wildman–Crippen MR) is 113 cm³/mol. The van der Waals surface area contributed by atoms with E-state index in [1.807, 2.05) is 18.5 Å². The van der Waals surface area contributed by atoms with Crippen LogP contribution in [0.25, 0.3) is 22.6 Å². The predicted octanol–water partition coefficient (Wildman–Crippen LogP) is 3.34. The van der Waals surface area contributed by atoms with Gasteiger partial charge < -0.3 is 14.8 Å². The van der Waals surface area contributed by atoms with E-state index in [4.69, 9.17) is 15.2 Å². The normalized spacial score (nSPS) is 19.2. The molecule has 0 radical (unpaired) electrons. The number of hydrogen-bond acceptors (Lipinski definition) is 7. The molecule has 1 aliphatic rings. The molecular weight excluding hydrogens is 397 g/mol. The molecule has 31 heavy (non-hydrogen) atoms. The minimum Gasteiger partial charge on any atom is -0.368 e. The van der Waals surface area contributed by atoms with Crippen LogP contribution in [0.3, 0.4) is 0 Å². The van der Waals surface area contributed by atoms with E-state index in [0.29, 0.717) is 5.69 Å². The highest BCUT2D eigenvalue weighted by Gasteiger charge is 2.38. The molecule has 4 aromatic rings. The smallest absolute Gasteiger partial charge is 0.220 e. The van der Waals surface area contributed by atoms with Crippen LogP contribution >= 0.6 is 0 Å². The number of nitrogens with zero attached hydrogens (tertiary/aromatic N) is 6. The summed E-state index contributed by atoms with van der Waals surface area (Å²) >= 11 is 0. The van der Waals surface area contributed by atoms with E-state index in [9.17, 15) is 4.39 Å². The van der Waals surface area contributed by atoms with E-state index in [1.54, 1.807) is 24.6 Å². The van der Waals surface area contributed by atoms with Crippen LogP contribution in [0.15, 0.2) is 59.7 Å². The van der Waals surface area contributed by atoms with Crippen molar-refractivity contribution in [2.45, 2.75) is 25.4 Å². The highest BCUT2D eigenvalue weighted by Crippen LogP contribution is 2.38. The third-order valence-corrected chi connectivity index (χ3v) is 5.79. The lowest BCUT2D eigenvalue weighted by atomic mass is 9.99. The number of rotatable bonds is 5. The van der Waals surface area contributed by atoms with Gasteiger partial charge in [-0.05, 0) is 43.7 Å². The van der Waals surface area contributed by atoms with Gasteiger partial charge >= 0.3 is 0 Å². The zero-order valence-electron chi connectivity index (χ0n) is 17.1. The van der Waals surface area contributed by atoms with Crippen LogP contribution in [0.4, 0.5) is 10.3 Å². The van der Waals surface area contributed by atoms with Gasteiger partial charge in [0, 0.05) is 37.5 Å². The first kappa shape index (κ1) is 19.4. The topological polar surface area (TPSA) is 98.9 Å². The molecule has 1 unspecified atom stereocenters. The summed E-state index contributed by atoms with van der Waals surface area (Å²) in [6, 6.07) is 10.0. The number of likely N-dealkylation sites (tertiary alicyclic amines) is 1. The molecule has 0 spiro atoms. The highest BCUT2D eigenvalue weighted by molar-refractivity contribution is 5.77. The summed E-state index contributed by atoms with van der Waals surface area (Å²) in [7, 11) is 0. The third kappa shape index (κ3) is 3.68. The van der Waals surface area contributed by atoms with Crippen molar-refractivity contribution in [3.8, 4) is 22.6 Å². The fraction of sp³-hybridized carbons (Fsp3) is 0.273. The Balaban J connectivity index is 1.56. The highest BCUT2D eigenvalue weighted by atomic mass is 19.1. The Morgan fingerprint density at radius 1 is 1.16 bits per heavy atom. The maximum atomic E-state index is 13.5. The fourth-order valence-corrected chi connectivity index (χ4v) is 4.25. The van der Waals surface area contributed by atoms with Crippen LogP contribution in [-0.2, 0) is 12.1 Å². The average molecular weight is 419 g/mol. The average Bonchev–Trinajstić information content (AvgIpc) is 3.50. The molecule has 158 valence electrons. The zero-order valence-corrected chi connectivity index (χ0v) is 17.1.